The maximum absolute atomic E-state index is 13.7. The van der Waals surface area contributed by atoms with Gasteiger partial charge in [-0.2, -0.15) is 0 Å². The van der Waals surface area contributed by atoms with Gasteiger partial charge in [0.2, 0.25) is 0 Å². The molecule has 2 aromatic heterocycles. The maximum atomic E-state index is 13.7. The number of rotatable bonds is 6. The molecule has 0 atom stereocenters. The smallest absolute Gasteiger partial charge is 0.341 e. The van der Waals surface area contributed by atoms with E-state index < -0.39 is 5.97 Å². The first kappa shape index (κ1) is 24.4. The quantitative estimate of drug-likeness (QED) is 0.305. The number of fused-ring (bicyclic) bond motifs is 1. The highest BCUT2D eigenvalue weighted by atomic mass is 32.1. The Morgan fingerprint density at radius 1 is 0.943 bits per heavy atom. The average Bonchev–Trinajstić information content (AvgIpc) is 3.10. The maximum Gasteiger partial charge on any atom is 0.341 e. The SMILES string of the molecule is COc1ccc(-c2nc3ccccc3c(C(=O)Nc3sc(C)c(C)c3C(=O)OC(C)C)c2C)cc1. The number of amides is 1. The van der Waals surface area contributed by atoms with Crippen LogP contribution in [0.25, 0.3) is 22.2 Å². The predicted molar refractivity (Wildman–Crippen MR) is 141 cm³/mol. The molecule has 0 aliphatic carbocycles. The highest BCUT2D eigenvalue weighted by Gasteiger charge is 2.25. The van der Waals surface area contributed by atoms with Gasteiger partial charge in [-0.3, -0.25) is 4.79 Å². The second-order valence-electron chi connectivity index (χ2n) is 8.60. The number of thiophene rings is 1. The first-order chi connectivity index (χ1) is 16.7. The third-order valence-electron chi connectivity index (χ3n) is 5.89. The van der Waals surface area contributed by atoms with Crippen LogP contribution in [0.1, 0.15) is 50.6 Å². The van der Waals surface area contributed by atoms with Gasteiger partial charge in [-0.15, -0.1) is 11.3 Å². The number of ether oxygens (including phenoxy) is 2. The average molecular weight is 489 g/mol. The molecule has 0 spiro atoms. The van der Waals surface area contributed by atoms with Crippen molar-refractivity contribution in [1.29, 1.82) is 0 Å². The van der Waals surface area contributed by atoms with Gasteiger partial charge in [0.15, 0.2) is 0 Å². The van der Waals surface area contributed by atoms with Crippen molar-refractivity contribution in [3.05, 3.63) is 75.7 Å². The summed E-state index contributed by atoms with van der Waals surface area (Å²) in [6.07, 6.45) is -0.260. The Kier molecular flexibility index (Phi) is 6.89. The number of aryl methyl sites for hydroxylation is 1. The molecule has 4 aromatic rings. The van der Waals surface area contributed by atoms with Crippen molar-refractivity contribution in [2.45, 2.75) is 40.7 Å². The van der Waals surface area contributed by atoms with E-state index in [1.807, 2.05) is 69.3 Å². The van der Waals surface area contributed by atoms with E-state index in [0.29, 0.717) is 21.6 Å². The minimum atomic E-state index is -0.438. The lowest BCUT2D eigenvalue weighted by molar-refractivity contribution is 0.0379. The van der Waals surface area contributed by atoms with E-state index in [1.165, 1.54) is 11.3 Å². The number of nitrogens with zero attached hydrogens (tertiary/aromatic N) is 1. The Morgan fingerprint density at radius 3 is 2.29 bits per heavy atom. The summed E-state index contributed by atoms with van der Waals surface area (Å²) >= 11 is 1.37. The third kappa shape index (κ3) is 4.77. The fourth-order valence-electron chi connectivity index (χ4n) is 4.03. The number of nitrogens with one attached hydrogen (secondary N) is 1. The minimum Gasteiger partial charge on any atom is -0.497 e. The highest BCUT2D eigenvalue weighted by molar-refractivity contribution is 7.16. The van der Waals surface area contributed by atoms with Crippen LogP contribution in [-0.2, 0) is 4.74 Å². The van der Waals surface area contributed by atoms with E-state index in [9.17, 15) is 9.59 Å². The molecule has 4 rings (SSSR count). The zero-order valence-corrected chi connectivity index (χ0v) is 21.5. The van der Waals surface area contributed by atoms with Crippen LogP contribution in [0.4, 0.5) is 5.00 Å². The van der Waals surface area contributed by atoms with Crippen LogP contribution in [0.5, 0.6) is 5.75 Å². The monoisotopic (exact) mass is 488 g/mol. The first-order valence-electron chi connectivity index (χ1n) is 11.4. The number of aromatic nitrogens is 1. The summed E-state index contributed by atoms with van der Waals surface area (Å²) in [4.78, 5) is 32.4. The Bertz CT molecular complexity index is 1420. The molecule has 1 N–H and O–H groups in total. The molecule has 0 unspecified atom stereocenters. The van der Waals surface area contributed by atoms with Crippen LogP contribution in [0.15, 0.2) is 48.5 Å². The number of para-hydroxylation sites is 1. The van der Waals surface area contributed by atoms with E-state index in [1.54, 1.807) is 21.0 Å². The molecule has 0 fully saturated rings. The molecular formula is C28H28N2O4S. The van der Waals surface area contributed by atoms with Crippen molar-refractivity contribution in [3.8, 4) is 17.0 Å². The van der Waals surface area contributed by atoms with Gasteiger partial charge in [0.25, 0.3) is 5.91 Å². The van der Waals surface area contributed by atoms with Gasteiger partial charge in [0.05, 0.1) is 35.6 Å². The van der Waals surface area contributed by atoms with Gasteiger partial charge in [0, 0.05) is 15.8 Å². The molecule has 0 bridgehead atoms. The van der Waals surface area contributed by atoms with E-state index >= 15 is 0 Å². The van der Waals surface area contributed by atoms with Crippen LogP contribution < -0.4 is 10.1 Å². The van der Waals surface area contributed by atoms with Gasteiger partial charge in [-0.05, 0) is 76.1 Å². The number of carbonyl (C=O) groups is 2. The summed E-state index contributed by atoms with van der Waals surface area (Å²) < 4.78 is 10.7. The molecule has 180 valence electrons. The fourth-order valence-corrected chi connectivity index (χ4v) is 5.07. The summed E-state index contributed by atoms with van der Waals surface area (Å²) in [7, 11) is 1.62. The molecular weight excluding hydrogens is 460 g/mol. The van der Waals surface area contributed by atoms with Crippen LogP contribution in [0.2, 0.25) is 0 Å². The third-order valence-corrected chi connectivity index (χ3v) is 7.01. The van der Waals surface area contributed by atoms with Crippen molar-refractivity contribution < 1.29 is 19.1 Å². The van der Waals surface area contributed by atoms with Crippen LogP contribution in [-0.4, -0.2) is 30.1 Å². The molecule has 0 aliphatic rings. The summed E-state index contributed by atoms with van der Waals surface area (Å²) in [6, 6.07) is 15.2. The summed E-state index contributed by atoms with van der Waals surface area (Å²) in [5.41, 5.74) is 4.80. The lowest BCUT2D eigenvalue weighted by Crippen LogP contribution is -2.18. The lowest BCUT2D eigenvalue weighted by atomic mass is 9.97. The zero-order valence-electron chi connectivity index (χ0n) is 20.7. The van der Waals surface area contributed by atoms with Crippen molar-refractivity contribution in [3.63, 3.8) is 0 Å². The summed E-state index contributed by atoms with van der Waals surface area (Å²) in [6.45, 7) is 9.30. The summed E-state index contributed by atoms with van der Waals surface area (Å²) in [5, 5.41) is 4.24. The largest absolute Gasteiger partial charge is 0.497 e. The molecule has 0 aliphatic heterocycles. The second kappa shape index (κ2) is 9.88. The Balaban J connectivity index is 1.82. The van der Waals surface area contributed by atoms with Crippen molar-refractivity contribution in [2.75, 3.05) is 12.4 Å². The number of methoxy groups -OCH3 is 1. The zero-order chi connectivity index (χ0) is 25.3. The van der Waals surface area contributed by atoms with E-state index in [0.717, 1.165) is 38.4 Å². The molecule has 35 heavy (non-hydrogen) atoms. The molecule has 6 nitrogen and oxygen atoms in total. The molecule has 1 amide bonds. The van der Waals surface area contributed by atoms with Crippen LogP contribution in [0.3, 0.4) is 0 Å². The van der Waals surface area contributed by atoms with E-state index in [-0.39, 0.29) is 12.0 Å². The van der Waals surface area contributed by atoms with E-state index in [2.05, 4.69) is 5.32 Å². The molecule has 2 heterocycles. The number of esters is 1. The van der Waals surface area contributed by atoms with Crippen molar-refractivity contribution in [2.24, 2.45) is 0 Å². The van der Waals surface area contributed by atoms with Crippen molar-refractivity contribution in [1.82, 2.24) is 4.98 Å². The molecule has 0 saturated heterocycles. The van der Waals surface area contributed by atoms with Gasteiger partial charge in [-0.25, -0.2) is 9.78 Å². The topological polar surface area (TPSA) is 77.5 Å². The number of hydrogen-bond donors (Lipinski definition) is 1. The van der Waals surface area contributed by atoms with Gasteiger partial charge >= 0.3 is 5.97 Å². The predicted octanol–water partition coefficient (Wildman–Crippen LogP) is 6.71. The summed E-state index contributed by atoms with van der Waals surface area (Å²) in [5.74, 6) is 0.0116. The molecule has 0 radical (unpaired) electrons. The van der Waals surface area contributed by atoms with Gasteiger partial charge in [-0.1, -0.05) is 18.2 Å². The fraction of sp³-hybridized carbons (Fsp3) is 0.250. The van der Waals surface area contributed by atoms with Gasteiger partial charge < -0.3 is 14.8 Å². The van der Waals surface area contributed by atoms with Crippen LogP contribution >= 0.6 is 11.3 Å². The molecule has 2 aromatic carbocycles. The standard InChI is InChI=1S/C28H28N2O4S/c1-15(2)34-28(32)24-16(3)18(5)35-27(24)30-26(31)23-17(4)25(19-11-13-20(33-6)14-12-19)29-22-10-8-7-9-21(22)23/h7-15H,1-6H3,(H,30,31). The minimum absolute atomic E-state index is 0.260. The van der Waals surface area contributed by atoms with Gasteiger partial charge in [0.1, 0.15) is 10.8 Å². The number of benzene rings is 2. The molecule has 0 saturated carbocycles. The van der Waals surface area contributed by atoms with Crippen molar-refractivity contribution >= 4 is 39.1 Å². The number of anilines is 1. The Labute approximate surface area is 208 Å². The van der Waals surface area contributed by atoms with E-state index in [4.69, 9.17) is 14.5 Å². The Morgan fingerprint density at radius 2 is 1.63 bits per heavy atom. The molecule has 7 heteroatoms. The normalized spacial score (nSPS) is 11.1. The first-order valence-corrected chi connectivity index (χ1v) is 12.2. The lowest BCUT2D eigenvalue weighted by Gasteiger charge is -2.15. The Hall–Kier alpha value is -3.71. The second-order valence-corrected chi connectivity index (χ2v) is 9.83. The number of hydrogen-bond acceptors (Lipinski definition) is 6. The number of pyridine rings is 1. The van der Waals surface area contributed by atoms with Crippen LogP contribution in [0, 0.1) is 20.8 Å². The highest BCUT2D eigenvalue weighted by Crippen LogP contribution is 2.35. The number of carbonyl (C=O) groups excluding carboxylic acids is 2.